The lowest BCUT2D eigenvalue weighted by Crippen LogP contribution is -2.14. The number of hydrogen-bond donors (Lipinski definition) is 3. The summed E-state index contributed by atoms with van der Waals surface area (Å²) in [5, 5.41) is 20.7. The number of carboxylic acid groups (broad SMARTS) is 1. The van der Waals surface area contributed by atoms with Crippen molar-refractivity contribution >= 4 is 40.2 Å². The summed E-state index contributed by atoms with van der Waals surface area (Å²) in [6.07, 6.45) is 0. The zero-order valence-electron chi connectivity index (χ0n) is 10.4. The number of phenols is 1. The van der Waals surface area contributed by atoms with E-state index in [1.807, 2.05) is 22.6 Å². The first-order valence-corrected chi connectivity index (χ1v) is 6.79. The highest BCUT2D eigenvalue weighted by Gasteiger charge is 2.15. The van der Waals surface area contributed by atoms with Crippen LogP contribution in [0.4, 0.5) is 10.1 Å². The van der Waals surface area contributed by atoms with Gasteiger partial charge in [-0.15, -0.1) is 0 Å². The Balaban J connectivity index is 2.27. The van der Waals surface area contributed by atoms with Gasteiger partial charge in [0.2, 0.25) is 0 Å². The lowest BCUT2D eigenvalue weighted by molar-refractivity contribution is 0.0696. The molecule has 0 aliphatic carbocycles. The zero-order valence-corrected chi connectivity index (χ0v) is 12.6. The van der Waals surface area contributed by atoms with Crippen molar-refractivity contribution in [1.29, 1.82) is 0 Å². The number of aromatic carboxylic acids is 1. The van der Waals surface area contributed by atoms with Crippen LogP contribution in [0.5, 0.6) is 5.75 Å². The average molecular weight is 401 g/mol. The molecule has 108 valence electrons. The van der Waals surface area contributed by atoms with Gasteiger partial charge in [0.15, 0.2) is 0 Å². The van der Waals surface area contributed by atoms with Crippen molar-refractivity contribution in [3.8, 4) is 5.75 Å². The third-order valence-electron chi connectivity index (χ3n) is 2.67. The van der Waals surface area contributed by atoms with Gasteiger partial charge in [-0.1, -0.05) is 0 Å². The van der Waals surface area contributed by atoms with Crippen molar-refractivity contribution in [3.63, 3.8) is 0 Å². The maximum atomic E-state index is 13.7. The number of hydrogen-bond acceptors (Lipinski definition) is 3. The molecule has 21 heavy (non-hydrogen) atoms. The minimum atomic E-state index is -1.26. The molecule has 0 saturated heterocycles. The second-order valence-corrected chi connectivity index (χ2v) is 5.36. The molecule has 0 aliphatic rings. The SMILES string of the molecule is O=C(O)c1ccc(NC(=O)c2cc(I)ccc2O)c(F)c1. The molecule has 1 amide bonds. The predicted molar refractivity (Wildman–Crippen MR) is 82.1 cm³/mol. The Labute approximate surface area is 132 Å². The molecule has 0 aromatic heterocycles. The first kappa shape index (κ1) is 15.2. The molecule has 0 atom stereocenters. The van der Waals surface area contributed by atoms with E-state index in [1.165, 1.54) is 18.2 Å². The Morgan fingerprint density at radius 3 is 2.48 bits per heavy atom. The van der Waals surface area contributed by atoms with Crippen LogP contribution in [0.25, 0.3) is 0 Å². The van der Waals surface area contributed by atoms with Gasteiger partial charge in [0, 0.05) is 3.57 Å². The van der Waals surface area contributed by atoms with E-state index >= 15 is 0 Å². The van der Waals surface area contributed by atoms with Crippen molar-refractivity contribution < 1.29 is 24.2 Å². The molecule has 0 radical (unpaired) electrons. The molecule has 2 aromatic rings. The number of benzene rings is 2. The summed E-state index contributed by atoms with van der Waals surface area (Å²) in [6.45, 7) is 0. The van der Waals surface area contributed by atoms with Crippen molar-refractivity contribution in [3.05, 3.63) is 56.9 Å². The maximum Gasteiger partial charge on any atom is 0.335 e. The summed E-state index contributed by atoms with van der Waals surface area (Å²) in [6, 6.07) is 7.58. The zero-order chi connectivity index (χ0) is 15.6. The molecular formula is C14H9FINO4. The summed E-state index contributed by atoms with van der Waals surface area (Å²) in [5.41, 5.74) is -0.380. The van der Waals surface area contributed by atoms with Gasteiger partial charge >= 0.3 is 5.97 Å². The number of halogens is 2. The topological polar surface area (TPSA) is 86.6 Å². The molecule has 0 spiro atoms. The fourth-order valence-corrected chi connectivity index (χ4v) is 2.12. The van der Waals surface area contributed by atoms with Crippen LogP contribution in [0, 0.1) is 9.39 Å². The van der Waals surface area contributed by atoms with Crippen LogP contribution in [-0.2, 0) is 0 Å². The second-order valence-electron chi connectivity index (χ2n) is 4.12. The van der Waals surface area contributed by atoms with E-state index in [0.717, 1.165) is 15.7 Å². The van der Waals surface area contributed by atoms with E-state index in [4.69, 9.17) is 5.11 Å². The molecule has 2 aromatic carbocycles. The van der Waals surface area contributed by atoms with Crippen LogP contribution in [0.3, 0.4) is 0 Å². The molecule has 0 unspecified atom stereocenters. The van der Waals surface area contributed by atoms with Crippen molar-refractivity contribution in [2.45, 2.75) is 0 Å². The fourth-order valence-electron chi connectivity index (χ4n) is 1.63. The highest BCUT2D eigenvalue weighted by molar-refractivity contribution is 14.1. The summed E-state index contributed by atoms with van der Waals surface area (Å²) in [7, 11) is 0. The summed E-state index contributed by atoms with van der Waals surface area (Å²) in [4.78, 5) is 22.7. The molecule has 0 heterocycles. The smallest absolute Gasteiger partial charge is 0.335 e. The largest absolute Gasteiger partial charge is 0.507 e. The van der Waals surface area contributed by atoms with E-state index in [9.17, 15) is 19.1 Å². The fraction of sp³-hybridized carbons (Fsp3) is 0. The number of amides is 1. The third kappa shape index (κ3) is 3.48. The molecule has 0 saturated carbocycles. The lowest BCUT2D eigenvalue weighted by Gasteiger charge is -2.08. The van der Waals surface area contributed by atoms with Gasteiger partial charge in [-0.25, -0.2) is 9.18 Å². The van der Waals surface area contributed by atoms with Crippen LogP contribution in [0.2, 0.25) is 0 Å². The predicted octanol–water partition coefficient (Wildman–Crippen LogP) is 3.09. The number of carbonyl (C=O) groups excluding carboxylic acids is 1. The third-order valence-corrected chi connectivity index (χ3v) is 3.34. The molecule has 0 fully saturated rings. The quantitative estimate of drug-likeness (QED) is 0.691. The molecule has 7 heteroatoms. The maximum absolute atomic E-state index is 13.7. The van der Waals surface area contributed by atoms with E-state index in [1.54, 1.807) is 6.07 Å². The molecule has 0 aliphatic heterocycles. The Morgan fingerprint density at radius 2 is 1.86 bits per heavy atom. The second kappa shape index (κ2) is 6.08. The molecule has 0 bridgehead atoms. The van der Waals surface area contributed by atoms with Crippen LogP contribution in [-0.4, -0.2) is 22.1 Å². The summed E-state index contributed by atoms with van der Waals surface area (Å²) in [5.74, 6) is -3.04. The molecule has 3 N–H and O–H groups in total. The van der Waals surface area contributed by atoms with Crippen LogP contribution in [0.15, 0.2) is 36.4 Å². The number of aromatic hydroxyl groups is 1. The van der Waals surface area contributed by atoms with Gasteiger partial charge in [0.25, 0.3) is 5.91 Å². The van der Waals surface area contributed by atoms with E-state index in [0.29, 0.717) is 0 Å². The normalized spacial score (nSPS) is 10.2. The van der Waals surface area contributed by atoms with Crippen molar-refractivity contribution in [2.75, 3.05) is 5.32 Å². The first-order chi connectivity index (χ1) is 9.88. The van der Waals surface area contributed by atoms with E-state index < -0.39 is 17.7 Å². The van der Waals surface area contributed by atoms with Gasteiger partial charge in [-0.3, -0.25) is 4.79 Å². The van der Waals surface area contributed by atoms with Gasteiger partial charge in [0.05, 0.1) is 16.8 Å². The Kier molecular flexibility index (Phi) is 4.41. The number of rotatable bonds is 3. The monoisotopic (exact) mass is 401 g/mol. The van der Waals surface area contributed by atoms with Gasteiger partial charge in [-0.2, -0.15) is 0 Å². The summed E-state index contributed by atoms with van der Waals surface area (Å²) < 4.78 is 14.5. The van der Waals surface area contributed by atoms with E-state index in [-0.39, 0.29) is 22.6 Å². The van der Waals surface area contributed by atoms with Crippen molar-refractivity contribution in [1.82, 2.24) is 0 Å². The molecule has 5 nitrogen and oxygen atoms in total. The number of anilines is 1. The van der Waals surface area contributed by atoms with Gasteiger partial charge in [-0.05, 0) is 59.0 Å². The molecule has 2 rings (SSSR count). The van der Waals surface area contributed by atoms with Crippen LogP contribution >= 0.6 is 22.6 Å². The Hall–Kier alpha value is -2.16. The number of nitrogens with one attached hydrogen (secondary N) is 1. The minimum absolute atomic E-state index is 0.00334. The standard InChI is InChI=1S/C14H9FINO4/c15-10-5-7(14(20)21)1-3-11(10)17-13(19)9-6-8(16)2-4-12(9)18/h1-6,18H,(H,17,19)(H,20,21). The highest BCUT2D eigenvalue weighted by Crippen LogP contribution is 2.22. The highest BCUT2D eigenvalue weighted by atomic mass is 127. The summed E-state index contributed by atoms with van der Waals surface area (Å²) >= 11 is 1.97. The average Bonchev–Trinajstić information content (AvgIpc) is 2.43. The van der Waals surface area contributed by atoms with E-state index in [2.05, 4.69) is 5.32 Å². The Bertz CT molecular complexity index is 733. The van der Waals surface area contributed by atoms with Gasteiger partial charge in [0.1, 0.15) is 11.6 Å². The first-order valence-electron chi connectivity index (χ1n) is 5.71. The molecular weight excluding hydrogens is 392 g/mol. The van der Waals surface area contributed by atoms with Crippen LogP contribution in [0.1, 0.15) is 20.7 Å². The van der Waals surface area contributed by atoms with Crippen LogP contribution < -0.4 is 5.32 Å². The van der Waals surface area contributed by atoms with Crippen molar-refractivity contribution in [2.24, 2.45) is 0 Å². The van der Waals surface area contributed by atoms with Gasteiger partial charge < -0.3 is 15.5 Å². The number of phenolic OH excluding ortho intramolecular Hbond substituents is 1. The lowest BCUT2D eigenvalue weighted by atomic mass is 10.1. The number of carbonyl (C=O) groups is 2. The number of carboxylic acids is 1. The minimum Gasteiger partial charge on any atom is -0.507 e. The Morgan fingerprint density at radius 1 is 1.14 bits per heavy atom.